The average Bonchev–Trinajstić information content (AvgIpc) is 2.38. The molecule has 0 bridgehead atoms. The number of carbonyl (C=O) groups is 1. The molecule has 18 heavy (non-hydrogen) atoms. The van der Waals surface area contributed by atoms with Crippen molar-refractivity contribution in [2.24, 2.45) is 0 Å². The summed E-state index contributed by atoms with van der Waals surface area (Å²) in [5, 5.41) is 2.83. The van der Waals surface area contributed by atoms with Gasteiger partial charge in [-0.25, -0.2) is 0 Å². The molecule has 0 aliphatic carbocycles. The van der Waals surface area contributed by atoms with Crippen molar-refractivity contribution in [1.29, 1.82) is 0 Å². The number of hydrogen-bond acceptors (Lipinski definition) is 1. The van der Waals surface area contributed by atoms with Crippen LogP contribution in [0.3, 0.4) is 0 Å². The Bertz CT molecular complexity index is 525. The third-order valence-corrected chi connectivity index (χ3v) is 2.65. The number of benzene rings is 2. The van der Waals surface area contributed by atoms with Gasteiger partial charge < -0.3 is 5.32 Å². The Morgan fingerprint density at radius 3 is 2.56 bits per heavy atom. The van der Waals surface area contributed by atoms with E-state index in [1.54, 1.807) is 12.1 Å². The van der Waals surface area contributed by atoms with Crippen LogP contribution in [0.15, 0.2) is 54.6 Å². The Labute approximate surface area is 108 Å². The second-order valence-corrected chi connectivity index (χ2v) is 4.16. The van der Waals surface area contributed by atoms with E-state index in [-0.39, 0.29) is 5.91 Å². The van der Waals surface area contributed by atoms with E-state index in [9.17, 15) is 4.79 Å². The van der Waals surface area contributed by atoms with Crippen LogP contribution in [0.25, 0.3) is 0 Å². The van der Waals surface area contributed by atoms with Crippen LogP contribution in [0, 0.1) is 0 Å². The zero-order valence-electron chi connectivity index (χ0n) is 10.1. The van der Waals surface area contributed by atoms with Gasteiger partial charge in [0.15, 0.2) is 0 Å². The maximum Gasteiger partial charge on any atom is 0.224 e. The highest BCUT2D eigenvalue weighted by Crippen LogP contribution is 2.06. The highest BCUT2D eigenvalue weighted by atomic mass is 16.1. The van der Waals surface area contributed by atoms with E-state index in [4.69, 9.17) is 7.85 Å². The molecule has 0 saturated carbocycles. The molecule has 2 nitrogen and oxygen atoms in total. The predicted molar refractivity (Wildman–Crippen MR) is 75.2 cm³/mol. The van der Waals surface area contributed by atoms with Gasteiger partial charge >= 0.3 is 0 Å². The third kappa shape index (κ3) is 3.77. The smallest absolute Gasteiger partial charge is 0.224 e. The number of nitrogens with one attached hydrogen (secondary N) is 1. The normalized spacial score (nSPS) is 10.0. The van der Waals surface area contributed by atoms with Crippen LogP contribution in [0.4, 0.5) is 5.69 Å². The van der Waals surface area contributed by atoms with Crippen molar-refractivity contribution in [3.63, 3.8) is 0 Å². The lowest BCUT2D eigenvalue weighted by Gasteiger charge is -2.06. The molecule has 0 saturated heterocycles. The molecule has 0 atom stereocenters. The molecule has 2 aromatic rings. The highest BCUT2D eigenvalue weighted by Gasteiger charge is 2.02. The van der Waals surface area contributed by atoms with Crippen LogP contribution in [0.1, 0.15) is 12.0 Å². The van der Waals surface area contributed by atoms with Crippen molar-refractivity contribution >= 4 is 24.9 Å². The molecule has 1 amide bonds. The summed E-state index contributed by atoms with van der Waals surface area (Å²) in [5.41, 5.74) is 2.56. The minimum absolute atomic E-state index is 0.00412. The summed E-state index contributed by atoms with van der Waals surface area (Å²) in [6.07, 6.45) is 1.22. The van der Waals surface area contributed by atoms with Crippen LogP contribution in [-0.2, 0) is 11.2 Å². The topological polar surface area (TPSA) is 29.1 Å². The second-order valence-electron chi connectivity index (χ2n) is 4.16. The van der Waals surface area contributed by atoms with Crippen LogP contribution < -0.4 is 10.8 Å². The number of anilines is 1. The fourth-order valence-corrected chi connectivity index (χ4v) is 1.74. The van der Waals surface area contributed by atoms with Crippen molar-refractivity contribution in [1.82, 2.24) is 0 Å². The van der Waals surface area contributed by atoms with E-state index < -0.39 is 0 Å². The molecule has 2 rings (SSSR count). The number of rotatable bonds is 4. The van der Waals surface area contributed by atoms with Gasteiger partial charge in [0.1, 0.15) is 7.85 Å². The third-order valence-electron chi connectivity index (χ3n) is 2.65. The van der Waals surface area contributed by atoms with Crippen molar-refractivity contribution in [3.05, 3.63) is 60.2 Å². The quantitative estimate of drug-likeness (QED) is 0.807. The Kier molecular flexibility index (Phi) is 4.18. The molecular formula is C15H14BNO. The minimum atomic E-state index is 0.00412. The summed E-state index contributed by atoms with van der Waals surface area (Å²) in [4.78, 5) is 11.7. The summed E-state index contributed by atoms with van der Waals surface area (Å²) in [5.74, 6) is 0.00412. The van der Waals surface area contributed by atoms with Gasteiger partial charge in [-0.15, -0.1) is 0 Å². The summed E-state index contributed by atoms with van der Waals surface area (Å²) < 4.78 is 0. The Balaban J connectivity index is 1.86. The zero-order valence-corrected chi connectivity index (χ0v) is 10.1. The maximum absolute atomic E-state index is 11.7. The van der Waals surface area contributed by atoms with E-state index in [1.807, 2.05) is 42.5 Å². The molecule has 0 aliphatic heterocycles. The van der Waals surface area contributed by atoms with Crippen LogP contribution in [-0.4, -0.2) is 13.8 Å². The molecule has 2 radical (unpaired) electrons. The number of hydrogen-bond donors (Lipinski definition) is 1. The van der Waals surface area contributed by atoms with Crippen LogP contribution in [0.5, 0.6) is 0 Å². The van der Waals surface area contributed by atoms with Gasteiger partial charge in [0.25, 0.3) is 0 Å². The summed E-state index contributed by atoms with van der Waals surface area (Å²) in [6, 6.07) is 17.2. The lowest BCUT2D eigenvalue weighted by atomic mass is 9.96. The SMILES string of the molecule is [B]c1cccc(NC(=O)CCc2ccccc2)c1. The molecule has 0 aliphatic rings. The maximum atomic E-state index is 11.7. The van der Waals surface area contributed by atoms with Crippen LogP contribution in [0.2, 0.25) is 0 Å². The van der Waals surface area contributed by atoms with Gasteiger partial charge in [0.05, 0.1) is 0 Å². The zero-order chi connectivity index (χ0) is 12.8. The average molecular weight is 235 g/mol. The molecule has 88 valence electrons. The Hall–Kier alpha value is -2.03. The van der Waals surface area contributed by atoms with Crippen molar-refractivity contribution in [3.8, 4) is 0 Å². The first-order valence-electron chi connectivity index (χ1n) is 5.93. The van der Waals surface area contributed by atoms with E-state index in [2.05, 4.69) is 5.32 Å². The summed E-state index contributed by atoms with van der Waals surface area (Å²) in [6.45, 7) is 0. The van der Waals surface area contributed by atoms with Crippen molar-refractivity contribution in [2.45, 2.75) is 12.8 Å². The number of amides is 1. The van der Waals surface area contributed by atoms with Gasteiger partial charge in [-0.3, -0.25) is 4.79 Å². The van der Waals surface area contributed by atoms with Crippen molar-refractivity contribution in [2.75, 3.05) is 5.32 Å². The van der Waals surface area contributed by atoms with Gasteiger partial charge in [-0.05, 0) is 24.1 Å². The Morgan fingerprint density at radius 1 is 1.06 bits per heavy atom. The van der Waals surface area contributed by atoms with Crippen molar-refractivity contribution < 1.29 is 4.79 Å². The highest BCUT2D eigenvalue weighted by molar-refractivity contribution is 6.32. The van der Waals surface area contributed by atoms with E-state index >= 15 is 0 Å². The lowest BCUT2D eigenvalue weighted by Crippen LogP contribution is -2.14. The van der Waals surface area contributed by atoms with Gasteiger partial charge in [-0.2, -0.15) is 0 Å². The van der Waals surface area contributed by atoms with E-state index in [1.165, 1.54) is 5.56 Å². The first-order valence-corrected chi connectivity index (χ1v) is 5.93. The molecule has 0 fully saturated rings. The van der Waals surface area contributed by atoms with Gasteiger partial charge in [-0.1, -0.05) is 47.9 Å². The first-order chi connectivity index (χ1) is 8.74. The van der Waals surface area contributed by atoms with Gasteiger partial charge in [0.2, 0.25) is 5.91 Å². The lowest BCUT2D eigenvalue weighted by molar-refractivity contribution is -0.116. The van der Waals surface area contributed by atoms with Crippen LogP contribution >= 0.6 is 0 Å². The predicted octanol–water partition coefficient (Wildman–Crippen LogP) is 2.05. The summed E-state index contributed by atoms with van der Waals surface area (Å²) in [7, 11) is 5.65. The monoisotopic (exact) mass is 235 g/mol. The largest absolute Gasteiger partial charge is 0.326 e. The Morgan fingerprint density at radius 2 is 1.83 bits per heavy atom. The summed E-state index contributed by atoms with van der Waals surface area (Å²) >= 11 is 0. The fourth-order valence-electron chi connectivity index (χ4n) is 1.74. The minimum Gasteiger partial charge on any atom is -0.326 e. The van der Waals surface area contributed by atoms with E-state index in [0.29, 0.717) is 11.9 Å². The second kappa shape index (κ2) is 6.06. The first kappa shape index (κ1) is 12.4. The molecule has 0 unspecified atom stereocenters. The molecule has 1 N–H and O–H groups in total. The van der Waals surface area contributed by atoms with E-state index in [0.717, 1.165) is 12.1 Å². The molecule has 0 heterocycles. The molecular weight excluding hydrogens is 221 g/mol. The molecule has 0 aromatic heterocycles. The number of carbonyl (C=O) groups excluding carboxylic acids is 1. The van der Waals surface area contributed by atoms with Gasteiger partial charge in [0, 0.05) is 12.1 Å². The molecule has 0 spiro atoms. The standard InChI is InChI=1S/C15H14BNO/c16-13-7-4-8-14(11-13)17-15(18)10-9-12-5-2-1-3-6-12/h1-8,11H,9-10H2,(H,17,18). The molecule has 3 heteroatoms. The fraction of sp³-hybridized carbons (Fsp3) is 0.133. The number of aryl methyl sites for hydroxylation is 1. The molecule has 2 aromatic carbocycles.